The van der Waals surface area contributed by atoms with E-state index in [1.165, 1.54) is 0 Å². The first-order valence-electron chi connectivity index (χ1n) is 5.13. The van der Waals surface area contributed by atoms with Crippen LogP contribution in [0.1, 0.15) is 16.5 Å². The van der Waals surface area contributed by atoms with Gasteiger partial charge in [-0.05, 0) is 51.8 Å². The molecule has 2 rings (SSSR count). The van der Waals surface area contributed by atoms with Crippen LogP contribution in [0, 0.1) is 11.6 Å². The topological polar surface area (TPSA) is 0 Å². The number of halogens is 6. The van der Waals surface area contributed by atoms with E-state index < -0.39 is 17.0 Å². The summed E-state index contributed by atoms with van der Waals surface area (Å²) in [6.45, 7) is 0. The molecule has 0 aromatic heterocycles. The Kier molecular flexibility index (Phi) is 4.88. The molecule has 0 fully saturated rings. The van der Waals surface area contributed by atoms with Gasteiger partial charge in [-0.25, -0.2) is 8.78 Å². The molecule has 2 aromatic rings. The molecule has 1 atom stereocenters. The van der Waals surface area contributed by atoms with E-state index in [4.69, 9.17) is 23.2 Å². The zero-order valence-electron chi connectivity index (χ0n) is 9.23. The lowest BCUT2D eigenvalue weighted by atomic mass is 10.0. The van der Waals surface area contributed by atoms with Gasteiger partial charge in [0, 0.05) is 15.1 Å². The molecule has 6 heteroatoms. The Morgan fingerprint density at radius 1 is 0.947 bits per heavy atom. The fourth-order valence-corrected chi connectivity index (χ4v) is 3.13. The van der Waals surface area contributed by atoms with Crippen molar-refractivity contribution < 1.29 is 8.78 Å². The fraction of sp³-hybridized carbons (Fsp3) is 0.0769. The monoisotopic (exact) mass is 428 g/mol. The smallest absolute Gasteiger partial charge is 0.137 e. The van der Waals surface area contributed by atoms with Crippen molar-refractivity contribution in [3.05, 3.63) is 67.1 Å². The lowest BCUT2D eigenvalue weighted by Crippen LogP contribution is -1.99. The molecule has 0 spiro atoms. The van der Waals surface area contributed by atoms with E-state index in [1.807, 2.05) is 0 Å². The maximum Gasteiger partial charge on any atom is 0.137 e. The first-order chi connectivity index (χ1) is 8.88. The highest BCUT2D eigenvalue weighted by Gasteiger charge is 2.18. The lowest BCUT2D eigenvalue weighted by Gasteiger charge is -2.13. The van der Waals surface area contributed by atoms with Crippen LogP contribution >= 0.6 is 55.1 Å². The molecule has 2 aromatic carbocycles. The number of rotatable bonds is 2. The Morgan fingerprint density at radius 3 is 2.26 bits per heavy atom. The van der Waals surface area contributed by atoms with Gasteiger partial charge < -0.3 is 0 Å². The summed E-state index contributed by atoms with van der Waals surface area (Å²) in [4.78, 5) is 0. The fourth-order valence-electron chi connectivity index (χ4n) is 1.63. The van der Waals surface area contributed by atoms with Crippen molar-refractivity contribution in [1.82, 2.24) is 0 Å². The van der Waals surface area contributed by atoms with Crippen molar-refractivity contribution in [2.24, 2.45) is 0 Å². The molecular weight excluding hydrogens is 425 g/mol. The predicted octanol–water partition coefficient (Wildman–Crippen LogP) is 6.47. The predicted molar refractivity (Wildman–Crippen MR) is 80.9 cm³/mol. The second-order valence-electron chi connectivity index (χ2n) is 3.85. The largest absolute Gasteiger partial charge is 0.207 e. The summed E-state index contributed by atoms with van der Waals surface area (Å²) < 4.78 is 28.1. The van der Waals surface area contributed by atoms with E-state index in [1.54, 1.807) is 18.2 Å². The normalized spacial score (nSPS) is 12.5. The van der Waals surface area contributed by atoms with Gasteiger partial charge in [-0.3, -0.25) is 0 Å². The molecule has 0 radical (unpaired) electrons. The standard InChI is InChI=1S/C13H6Br2Cl2F2/c14-7-1-6(2-8(16)3-7)13(17)9-4-12(19)10(15)5-11(9)18/h1-5,13H. The molecule has 19 heavy (non-hydrogen) atoms. The molecule has 1 unspecified atom stereocenters. The Bertz CT molecular complexity index is 612. The Balaban J connectivity index is 2.49. The summed E-state index contributed by atoms with van der Waals surface area (Å²) in [6, 6.07) is 7.14. The third-order valence-electron chi connectivity index (χ3n) is 2.49. The van der Waals surface area contributed by atoms with Crippen LogP contribution in [0.2, 0.25) is 5.02 Å². The minimum Gasteiger partial charge on any atom is -0.207 e. The summed E-state index contributed by atoms with van der Waals surface area (Å²) >= 11 is 18.3. The maximum atomic E-state index is 13.8. The third kappa shape index (κ3) is 3.48. The first-order valence-corrected chi connectivity index (χ1v) is 7.53. The Labute approximate surface area is 136 Å². The van der Waals surface area contributed by atoms with Gasteiger partial charge >= 0.3 is 0 Å². The Morgan fingerprint density at radius 2 is 1.63 bits per heavy atom. The molecule has 0 heterocycles. The van der Waals surface area contributed by atoms with Gasteiger partial charge in [-0.2, -0.15) is 0 Å². The molecule has 0 aliphatic carbocycles. The first kappa shape index (κ1) is 15.2. The zero-order chi connectivity index (χ0) is 14.2. The molecule has 0 bridgehead atoms. The van der Waals surface area contributed by atoms with E-state index in [2.05, 4.69) is 31.9 Å². The summed E-state index contributed by atoms with van der Waals surface area (Å²) in [6.07, 6.45) is 0. The van der Waals surface area contributed by atoms with Crippen LogP contribution in [0.4, 0.5) is 8.78 Å². The number of alkyl halides is 1. The summed E-state index contributed by atoms with van der Waals surface area (Å²) in [7, 11) is 0. The van der Waals surface area contributed by atoms with E-state index in [0.717, 1.165) is 16.6 Å². The zero-order valence-corrected chi connectivity index (χ0v) is 13.9. The highest BCUT2D eigenvalue weighted by Crippen LogP contribution is 2.35. The van der Waals surface area contributed by atoms with Gasteiger partial charge in [0.25, 0.3) is 0 Å². The van der Waals surface area contributed by atoms with Crippen molar-refractivity contribution in [3.8, 4) is 0 Å². The van der Waals surface area contributed by atoms with E-state index in [-0.39, 0.29) is 10.0 Å². The number of hydrogen-bond acceptors (Lipinski definition) is 0. The van der Waals surface area contributed by atoms with Gasteiger partial charge in [0.05, 0.1) is 9.85 Å². The molecule has 0 saturated carbocycles. The third-order valence-corrected chi connectivity index (χ3v) is 4.26. The minimum atomic E-state index is -0.822. The van der Waals surface area contributed by atoms with Gasteiger partial charge in [0.2, 0.25) is 0 Å². The number of hydrogen-bond donors (Lipinski definition) is 0. The maximum absolute atomic E-state index is 13.8. The average molecular weight is 431 g/mol. The number of benzene rings is 2. The molecule has 0 amide bonds. The van der Waals surface area contributed by atoms with Crippen molar-refractivity contribution in [3.63, 3.8) is 0 Å². The Hall–Kier alpha value is -0.160. The van der Waals surface area contributed by atoms with Crippen LogP contribution in [0.25, 0.3) is 0 Å². The quantitative estimate of drug-likeness (QED) is 0.378. The van der Waals surface area contributed by atoms with E-state index in [9.17, 15) is 8.78 Å². The summed E-state index contributed by atoms with van der Waals surface area (Å²) in [5.74, 6) is -1.15. The van der Waals surface area contributed by atoms with E-state index >= 15 is 0 Å². The van der Waals surface area contributed by atoms with Crippen LogP contribution in [0.5, 0.6) is 0 Å². The summed E-state index contributed by atoms with van der Waals surface area (Å²) in [5.41, 5.74) is 0.651. The van der Waals surface area contributed by atoms with Crippen LogP contribution in [-0.2, 0) is 0 Å². The second-order valence-corrected chi connectivity index (χ2v) is 6.50. The summed E-state index contributed by atoms with van der Waals surface area (Å²) in [5, 5.41) is -0.356. The molecule has 0 saturated heterocycles. The molecule has 100 valence electrons. The van der Waals surface area contributed by atoms with Crippen molar-refractivity contribution in [2.75, 3.05) is 0 Å². The molecule has 0 aliphatic rings. The lowest BCUT2D eigenvalue weighted by molar-refractivity contribution is 0.582. The van der Waals surface area contributed by atoms with Gasteiger partial charge in [0.1, 0.15) is 11.6 Å². The van der Waals surface area contributed by atoms with Crippen LogP contribution < -0.4 is 0 Å². The van der Waals surface area contributed by atoms with Crippen molar-refractivity contribution >= 4 is 55.1 Å². The van der Waals surface area contributed by atoms with Gasteiger partial charge in [-0.15, -0.1) is 11.6 Å². The van der Waals surface area contributed by atoms with Crippen molar-refractivity contribution in [1.29, 1.82) is 0 Å². The SMILES string of the molecule is Fc1cc(C(Cl)c2cc(Cl)cc(Br)c2)c(F)cc1Br. The van der Waals surface area contributed by atoms with Crippen molar-refractivity contribution in [2.45, 2.75) is 5.38 Å². The van der Waals surface area contributed by atoms with Crippen LogP contribution in [-0.4, -0.2) is 0 Å². The average Bonchev–Trinajstić information content (AvgIpc) is 2.31. The van der Waals surface area contributed by atoms with Crippen LogP contribution in [0.15, 0.2) is 39.3 Å². The second kappa shape index (κ2) is 6.08. The molecule has 0 N–H and O–H groups in total. The molecule has 0 aliphatic heterocycles. The minimum absolute atomic E-state index is 0.0601. The van der Waals surface area contributed by atoms with Crippen LogP contribution in [0.3, 0.4) is 0 Å². The van der Waals surface area contributed by atoms with Gasteiger partial charge in [-0.1, -0.05) is 27.5 Å². The van der Waals surface area contributed by atoms with Gasteiger partial charge in [0.15, 0.2) is 0 Å². The highest BCUT2D eigenvalue weighted by molar-refractivity contribution is 9.10. The molecular formula is C13H6Br2Cl2F2. The van der Waals surface area contributed by atoms with E-state index in [0.29, 0.717) is 10.6 Å². The highest BCUT2D eigenvalue weighted by atomic mass is 79.9. The molecule has 0 nitrogen and oxygen atoms in total.